The molecule has 6 nitrogen and oxygen atoms in total. The van der Waals surface area contributed by atoms with Crippen molar-refractivity contribution in [1.82, 2.24) is 24.5 Å². The number of hydrogen-bond acceptors (Lipinski definition) is 4. The van der Waals surface area contributed by atoms with Crippen molar-refractivity contribution in [2.24, 2.45) is 0 Å². The summed E-state index contributed by atoms with van der Waals surface area (Å²) >= 11 is 0. The summed E-state index contributed by atoms with van der Waals surface area (Å²) in [5, 5.41) is 21.0. The molecule has 0 bridgehead atoms. The molecule has 0 aliphatic carbocycles. The molecular weight excluding hydrogens is 395 g/mol. The van der Waals surface area contributed by atoms with Crippen molar-refractivity contribution < 1.29 is 18.3 Å². The first-order chi connectivity index (χ1) is 14.2. The first kappa shape index (κ1) is 20.1. The van der Waals surface area contributed by atoms with Crippen LogP contribution >= 0.6 is 0 Å². The zero-order chi connectivity index (χ0) is 21.6. The molecule has 0 amide bonds. The van der Waals surface area contributed by atoms with E-state index >= 15 is 0 Å². The highest BCUT2D eigenvalue weighted by Crippen LogP contribution is 2.38. The lowest BCUT2D eigenvalue weighted by Gasteiger charge is -2.35. The van der Waals surface area contributed by atoms with Gasteiger partial charge < -0.3 is 5.11 Å². The van der Waals surface area contributed by atoms with E-state index in [1.807, 2.05) is 0 Å². The maximum atomic E-state index is 14.8. The Labute approximate surface area is 170 Å². The van der Waals surface area contributed by atoms with Crippen LogP contribution in [0.2, 0.25) is 0 Å². The molecule has 0 aliphatic heterocycles. The quantitative estimate of drug-likeness (QED) is 0.538. The van der Waals surface area contributed by atoms with E-state index in [2.05, 4.69) is 15.2 Å². The first-order valence-corrected chi connectivity index (χ1v) is 9.36. The van der Waals surface area contributed by atoms with Crippen molar-refractivity contribution in [3.05, 3.63) is 77.3 Å². The molecule has 0 saturated heterocycles. The van der Waals surface area contributed by atoms with Crippen molar-refractivity contribution in [2.45, 2.75) is 39.0 Å². The number of halogens is 3. The van der Waals surface area contributed by atoms with Crippen LogP contribution in [0.4, 0.5) is 13.2 Å². The number of nitrogens with zero attached hydrogens (tertiary/aromatic N) is 5. The maximum absolute atomic E-state index is 14.8. The smallest absolute Gasteiger partial charge is 0.137 e. The fourth-order valence-corrected chi connectivity index (χ4v) is 3.76. The number of aliphatic hydroxyl groups is 1. The molecule has 0 fully saturated rings. The minimum atomic E-state index is -1.89. The molecule has 0 aliphatic rings. The molecule has 2 heterocycles. The number of rotatable bonds is 5. The van der Waals surface area contributed by atoms with E-state index in [-0.39, 0.29) is 12.1 Å². The van der Waals surface area contributed by atoms with Crippen LogP contribution in [-0.2, 0) is 12.1 Å². The van der Waals surface area contributed by atoms with Gasteiger partial charge in [-0.1, -0.05) is 6.07 Å². The van der Waals surface area contributed by atoms with Gasteiger partial charge in [-0.3, -0.25) is 4.68 Å². The Morgan fingerprint density at radius 1 is 1.10 bits per heavy atom. The summed E-state index contributed by atoms with van der Waals surface area (Å²) in [6.07, 6.45) is 2.67. The largest absolute Gasteiger partial charge is 0.381 e. The number of aryl methyl sites for hydroxylation is 2. The third kappa shape index (κ3) is 3.24. The van der Waals surface area contributed by atoms with E-state index in [1.165, 1.54) is 34.2 Å². The molecule has 9 heteroatoms. The van der Waals surface area contributed by atoms with Crippen LogP contribution in [-0.4, -0.2) is 29.7 Å². The summed E-state index contributed by atoms with van der Waals surface area (Å²) in [6.45, 7) is 4.90. The Bertz CT molecular complexity index is 1220. The average Bonchev–Trinajstić information content (AvgIpc) is 3.30. The molecule has 30 heavy (non-hydrogen) atoms. The second-order valence-corrected chi connectivity index (χ2v) is 7.47. The lowest BCUT2D eigenvalue weighted by Crippen LogP contribution is -2.41. The van der Waals surface area contributed by atoms with E-state index in [1.54, 1.807) is 26.8 Å². The van der Waals surface area contributed by atoms with Crippen molar-refractivity contribution in [1.29, 1.82) is 0 Å². The van der Waals surface area contributed by atoms with Crippen LogP contribution in [0.3, 0.4) is 0 Å². The Morgan fingerprint density at radius 2 is 1.87 bits per heavy atom. The molecule has 2 aromatic carbocycles. The standard InChI is InChI=1S/C21H20F3N5O/c1-12-6-16-13(2)27-29(20(16)8-18(12)23)14(3)21(30,9-28-11-25-10-26-28)17-5-4-15(22)7-19(17)24/h4-8,10-11,14,30H,9H2,1-3H3/t14-,21-/m1/s1. The van der Waals surface area contributed by atoms with E-state index < -0.39 is 29.1 Å². The van der Waals surface area contributed by atoms with E-state index in [0.717, 1.165) is 11.5 Å². The molecule has 2 atom stereocenters. The van der Waals surface area contributed by atoms with Gasteiger partial charge in [-0.2, -0.15) is 10.2 Å². The number of aromatic nitrogens is 5. The molecule has 0 unspecified atom stereocenters. The van der Waals surface area contributed by atoms with Gasteiger partial charge in [-0.05, 0) is 38.5 Å². The molecule has 1 N–H and O–H groups in total. The van der Waals surface area contributed by atoms with Gasteiger partial charge in [0.05, 0.1) is 23.8 Å². The molecule has 0 radical (unpaired) electrons. The van der Waals surface area contributed by atoms with E-state index in [0.29, 0.717) is 22.8 Å². The van der Waals surface area contributed by atoms with Gasteiger partial charge >= 0.3 is 0 Å². The van der Waals surface area contributed by atoms with Crippen LogP contribution < -0.4 is 0 Å². The third-order valence-corrected chi connectivity index (χ3v) is 5.50. The molecule has 4 rings (SSSR count). The van der Waals surface area contributed by atoms with Gasteiger partial charge in [0.2, 0.25) is 0 Å². The lowest BCUT2D eigenvalue weighted by molar-refractivity contribution is -0.0355. The maximum Gasteiger partial charge on any atom is 0.137 e. The van der Waals surface area contributed by atoms with E-state index in [9.17, 15) is 18.3 Å². The van der Waals surface area contributed by atoms with Gasteiger partial charge in [-0.15, -0.1) is 0 Å². The van der Waals surface area contributed by atoms with Crippen molar-refractivity contribution in [3.63, 3.8) is 0 Å². The minimum Gasteiger partial charge on any atom is -0.381 e. The molecule has 4 aromatic rings. The SMILES string of the molecule is Cc1cc2c(C)nn([C@H](C)[C@](O)(Cn3cncn3)c3ccc(F)cc3F)c2cc1F. The summed E-state index contributed by atoms with van der Waals surface area (Å²) in [5.74, 6) is -2.08. The van der Waals surface area contributed by atoms with Crippen LogP contribution in [0, 0.1) is 31.3 Å². The highest BCUT2D eigenvalue weighted by atomic mass is 19.1. The lowest BCUT2D eigenvalue weighted by atomic mass is 9.86. The molecule has 0 spiro atoms. The normalized spacial score (nSPS) is 14.8. The summed E-state index contributed by atoms with van der Waals surface area (Å²) < 4.78 is 45.4. The van der Waals surface area contributed by atoms with Crippen molar-refractivity contribution in [2.75, 3.05) is 0 Å². The average molecular weight is 415 g/mol. The molecular formula is C21H20F3N5O. The van der Waals surface area contributed by atoms with E-state index in [4.69, 9.17) is 0 Å². The summed E-state index contributed by atoms with van der Waals surface area (Å²) in [5.41, 5.74) is -0.440. The fraction of sp³-hybridized carbons (Fsp3) is 0.286. The van der Waals surface area contributed by atoms with Gasteiger partial charge in [-0.25, -0.2) is 22.8 Å². The Hall–Kier alpha value is -3.20. The van der Waals surface area contributed by atoms with Crippen LogP contribution in [0.15, 0.2) is 43.0 Å². The third-order valence-electron chi connectivity index (χ3n) is 5.50. The van der Waals surface area contributed by atoms with Gasteiger partial charge in [0.15, 0.2) is 0 Å². The minimum absolute atomic E-state index is 0.124. The number of benzene rings is 2. The van der Waals surface area contributed by atoms with Crippen molar-refractivity contribution in [3.8, 4) is 0 Å². The van der Waals surface area contributed by atoms with Gasteiger partial charge in [0.1, 0.15) is 35.7 Å². The zero-order valence-corrected chi connectivity index (χ0v) is 16.6. The second-order valence-electron chi connectivity index (χ2n) is 7.47. The summed E-state index contributed by atoms with van der Waals surface area (Å²) in [6, 6.07) is 5.15. The first-order valence-electron chi connectivity index (χ1n) is 9.36. The Balaban J connectivity index is 1.91. The number of fused-ring (bicyclic) bond motifs is 1. The van der Waals surface area contributed by atoms with Crippen molar-refractivity contribution >= 4 is 10.9 Å². The predicted molar refractivity (Wildman–Crippen MR) is 104 cm³/mol. The molecule has 2 aromatic heterocycles. The Morgan fingerprint density at radius 3 is 2.53 bits per heavy atom. The monoisotopic (exact) mass is 415 g/mol. The summed E-state index contributed by atoms with van der Waals surface area (Å²) in [7, 11) is 0. The number of hydrogen-bond donors (Lipinski definition) is 1. The summed E-state index contributed by atoms with van der Waals surface area (Å²) in [4.78, 5) is 3.86. The van der Waals surface area contributed by atoms with Gasteiger partial charge in [0.25, 0.3) is 0 Å². The predicted octanol–water partition coefficient (Wildman–Crippen LogP) is 3.81. The zero-order valence-electron chi connectivity index (χ0n) is 16.6. The molecule has 0 saturated carbocycles. The second kappa shape index (κ2) is 7.24. The highest BCUT2D eigenvalue weighted by Gasteiger charge is 2.41. The van der Waals surface area contributed by atoms with Crippen LogP contribution in [0.25, 0.3) is 10.9 Å². The Kier molecular flexibility index (Phi) is 4.85. The van der Waals surface area contributed by atoms with Crippen LogP contribution in [0.5, 0.6) is 0 Å². The van der Waals surface area contributed by atoms with Gasteiger partial charge in [0, 0.05) is 23.1 Å². The van der Waals surface area contributed by atoms with Crippen LogP contribution in [0.1, 0.15) is 29.8 Å². The highest BCUT2D eigenvalue weighted by molar-refractivity contribution is 5.82. The topological polar surface area (TPSA) is 68.8 Å². The molecule has 156 valence electrons. The fourth-order valence-electron chi connectivity index (χ4n) is 3.76.